The molecule has 2 heterocycles. The zero-order valence-corrected chi connectivity index (χ0v) is 20.7. The van der Waals surface area contributed by atoms with E-state index in [1.54, 1.807) is 13.3 Å². The Balaban J connectivity index is 0.00000129. The summed E-state index contributed by atoms with van der Waals surface area (Å²) in [6.45, 7) is 10.9. The highest BCUT2D eigenvalue weighted by molar-refractivity contribution is 6.33. The second kappa shape index (κ2) is 15.7. The molecular weight excluding hydrogens is 443 g/mol. The van der Waals surface area contributed by atoms with Gasteiger partial charge >= 0.3 is 0 Å². The van der Waals surface area contributed by atoms with Crippen LogP contribution in [0.4, 0.5) is 16.2 Å². The number of aryl methyl sites for hydroxylation is 1. The third-order valence-electron chi connectivity index (χ3n) is 4.00. The number of hydrogen-bond donors (Lipinski definition) is 2. The summed E-state index contributed by atoms with van der Waals surface area (Å²) in [6, 6.07) is 9.53. The smallest absolute Gasteiger partial charge is 0.245 e. The first-order valence-electron chi connectivity index (χ1n) is 10.8. The number of methoxy groups -OCH3 is 1. The summed E-state index contributed by atoms with van der Waals surface area (Å²) in [6.07, 6.45) is 4.28. The van der Waals surface area contributed by atoms with E-state index < -0.39 is 5.82 Å². The molecule has 0 radical (unpaired) electrons. The van der Waals surface area contributed by atoms with Crippen LogP contribution in [-0.2, 0) is 4.74 Å². The molecule has 2 N–H and O–H groups in total. The van der Waals surface area contributed by atoms with Crippen molar-refractivity contribution in [1.82, 2.24) is 15.0 Å². The van der Waals surface area contributed by atoms with Gasteiger partial charge in [-0.2, -0.15) is 10.1 Å². The zero-order valence-electron chi connectivity index (χ0n) is 20.0. The first-order valence-corrected chi connectivity index (χ1v) is 11.2. The summed E-state index contributed by atoms with van der Waals surface area (Å²) in [5.41, 5.74) is 6.25. The van der Waals surface area contributed by atoms with Crippen molar-refractivity contribution in [3.63, 3.8) is 0 Å². The molecule has 7 nitrogen and oxygen atoms in total. The number of halogens is 2. The van der Waals surface area contributed by atoms with Crippen LogP contribution in [0.25, 0.3) is 11.1 Å². The largest absolute Gasteiger partial charge is 0.383 e. The molecule has 1 aromatic carbocycles. The maximum Gasteiger partial charge on any atom is 0.245 e. The number of pyridine rings is 1. The Bertz CT molecular complexity index is 996. The Hall–Kier alpha value is -3.10. The minimum absolute atomic E-state index is 0.0732. The van der Waals surface area contributed by atoms with Gasteiger partial charge in [-0.3, -0.25) is 4.98 Å². The average Bonchev–Trinajstić information content (AvgIpc) is 2.84. The molecule has 0 atom stereocenters. The highest BCUT2D eigenvalue weighted by atomic mass is 35.5. The molecule has 0 aliphatic heterocycles. The van der Waals surface area contributed by atoms with E-state index in [9.17, 15) is 4.39 Å². The van der Waals surface area contributed by atoms with E-state index in [0.29, 0.717) is 23.9 Å². The number of hydrazone groups is 1. The van der Waals surface area contributed by atoms with Gasteiger partial charge in [0.25, 0.3) is 0 Å². The lowest BCUT2D eigenvalue weighted by Crippen LogP contribution is -2.11. The summed E-state index contributed by atoms with van der Waals surface area (Å²) in [5, 5.41) is 7.59. The van der Waals surface area contributed by atoms with E-state index in [0.717, 1.165) is 22.9 Å². The highest BCUT2D eigenvalue weighted by Gasteiger charge is 2.08. The van der Waals surface area contributed by atoms with Crippen molar-refractivity contribution < 1.29 is 9.13 Å². The third-order valence-corrected chi connectivity index (χ3v) is 4.31. The Labute approximate surface area is 200 Å². The second-order valence-corrected chi connectivity index (χ2v) is 6.49. The number of nitrogens with one attached hydrogen (secondary N) is 2. The SMILES string of the molecule is CC.CC.COCCNc1nc(N/N=C\c2cc(-c3c(C)cccc3Cl)ccn2)ncc1F. The fraction of sp³-hybridized carbons (Fsp3) is 0.333. The molecule has 0 bridgehead atoms. The van der Waals surface area contributed by atoms with Gasteiger partial charge in [-0.1, -0.05) is 51.4 Å². The molecule has 2 aromatic heterocycles. The minimum Gasteiger partial charge on any atom is -0.383 e. The molecule has 0 unspecified atom stereocenters. The molecule has 0 spiro atoms. The lowest BCUT2D eigenvalue weighted by atomic mass is 10.0. The van der Waals surface area contributed by atoms with E-state index in [1.165, 1.54) is 6.21 Å². The zero-order chi connectivity index (χ0) is 24.6. The number of rotatable bonds is 8. The van der Waals surface area contributed by atoms with Gasteiger partial charge in [0, 0.05) is 30.4 Å². The fourth-order valence-corrected chi connectivity index (χ4v) is 2.98. The van der Waals surface area contributed by atoms with Gasteiger partial charge in [-0.25, -0.2) is 14.8 Å². The maximum atomic E-state index is 13.7. The van der Waals surface area contributed by atoms with Crippen LogP contribution < -0.4 is 10.7 Å². The van der Waals surface area contributed by atoms with Crippen molar-refractivity contribution >= 4 is 29.6 Å². The summed E-state index contributed by atoms with van der Waals surface area (Å²) in [5.74, 6) is -0.329. The predicted molar refractivity (Wildman–Crippen MR) is 136 cm³/mol. The average molecular weight is 475 g/mol. The van der Waals surface area contributed by atoms with Crippen LogP contribution in [0, 0.1) is 12.7 Å². The molecule has 3 aromatic rings. The summed E-state index contributed by atoms with van der Waals surface area (Å²) in [4.78, 5) is 12.2. The van der Waals surface area contributed by atoms with Gasteiger partial charge < -0.3 is 10.1 Å². The third kappa shape index (κ3) is 8.75. The number of benzene rings is 1. The normalized spacial score (nSPS) is 10.1. The van der Waals surface area contributed by atoms with E-state index in [4.69, 9.17) is 16.3 Å². The van der Waals surface area contributed by atoms with Gasteiger partial charge in [0.1, 0.15) is 0 Å². The molecule has 0 amide bonds. The minimum atomic E-state index is -0.555. The van der Waals surface area contributed by atoms with E-state index in [-0.39, 0.29) is 11.8 Å². The Morgan fingerprint density at radius 1 is 1.15 bits per heavy atom. The Morgan fingerprint density at radius 3 is 2.61 bits per heavy atom. The number of aromatic nitrogens is 3. The molecule has 33 heavy (non-hydrogen) atoms. The van der Waals surface area contributed by atoms with Crippen LogP contribution in [-0.4, -0.2) is 41.4 Å². The van der Waals surface area contributed by atoms with Gasteiger partial charge in [0.05, 0.1) is 24.7 Å². The summed E-state index contributed by atoms with van der Waals surface area (Å²) in [7, 11) is 1.57. The van der Waals surface area contributed by atoms with Crippen LogP contribution in [0.5, 0.6) is 0 Å². The first-order chi connectivity index (χ1) is 16.1. The van der Waals surface area contributed by atoms with Crippen molar-refractivity contribution in [1.29, 1.82) is 0 Å². The quantitative estimate of drug-likeness (QED) is 0.230. The van der Waals surface area contributed by atoms with E-state index in [1.807, 2.05) is 65.0 Å². The number of anilines is 2. The lowest BCUT2D eigenvalue weighted by molar-refractivity contribution is 0.210. The van der Waals surface area contributed by atoms with Crippen molar-refractivity contribution in [2.45, 2.75) is 34.6 Å². The van der Waals surface area contributed by atoms with Crippen molar-refractivity contribution in [3.8, 4) is 11.1 Å². The standard InChI is InChI=1S/C20H20ClFN6O.2C2H6/c1-13-4-3-5-16(21)18(13)14-6-7-23-15(10-14)11-26-28-20-25-12-17(22)19(27-20)24-8-9-29-2;2*1-2/h3-7,10-12H,8-9H2,1-2H3,(H2,24,25,27,28);2*1-2H3/b26-11-;;. The number of ether oxygens (including phenoxy) is 1. The molecule has 0 aliphatic rings. The summed E-state index contributed by atoms with van der Waals surface area (Å²) >= 11 is 6.35. The Kier molecular flexibility index (Phi) is 13.3. The topological polar surface area (TPSA) is 84.3 Å². The van der Waals surface area contributed by atoms with Crippen molar-refractivity contribution in [2.75, 3.05) is 31.0 Å². The highest BCUT2D eigenvalue weighted by Crippen LogP contribution is 2.30. The second-order valence-electron chi connectivity index (χ2n) is 6.08. The van der Waals surface area contributed by atoms with Gasteiger partial charge in [-0.15, -0.1) is 0 Å². The van der Waals surface area contributed by atoms with Gasteiger partial charge in [0.2, 0.25) is 5.95 Å². The molecule has 0 fully saturated rings. The van der Waals surface area contributed by atoms with Gasteiger partial charge in [-0.05, 0) is 36.2 Å². The van der Waals surface area contributed by atoms with Crippen LogP contribution in [0.1, 0.15) is 39.0 Å². The van der Waals surface area contributed by atoms with E-state index >= 15 is 0 Å². The number of nitrogens with zero attached hydrogens (tertiary/aromatic N) is 4. The Morgan fingerprint density at radius 2 is 1.91 bits per heavy atom. The summed E-state index contributed by atoms with van der Waals surface area (Å²) < 4.78 is 18.7. The van der Waals surface area contributed by atoms with Crippen LogP contribution in [0.2, 0.25) is 5.02 Å². The fourth-order valence-electron chi connectivity index (χ4n) is 2.64. The molecule has 3 rings (SSSR count). The van der Waals surface area contributed by atoms with Gasteiger partial charge in [0.15, 0.2) is 11.6 Å². The monoisotopic (exact) mass is 474 g/mol. The molecular formula is C24H32ClFN6O. The molecule has 0 saturated heterocycles. The molecule has 9 heteroatoms. The molecule has 178 valence electrons. The van der Waals surface area contributed by atoms with Crippen LogP contribution in [0.15, 0.2) is 47.8 Å². The lowest BCUT2D eigenvalue weighted by Gasteiger charge is -2.09. The van der Waals surface area contributed by atoms with Crippen LogP contribution >= 0.6 is 11.6 Å². The van der Waals surface area contributed by atoms with E-state index in [2.05, 4.69) is 30.8 Å². The first kappa shape index (κ1) is 27.9. The predicted octanol–water partition coefficient (Wildman–Crippen LogP) is 6.20. The number of hydrogen-bond acceptors (Lipinski definition) is 7. The van der Waals surface area contributed by atoms with Crippen molar-refractivity contribution in [2.24, 2.45) is 5.10 Å². The molecule has 0 saturated carbocycles. The van der Waals surface area contributed by atoms with Crippen molar-refractivity contribution in [3.05, 3.63) is 64.8 Å². The molecule has 0 aliphatic carbocycles. The van der Waals surface area contributed by atoms with Crippen LogP contribution in [0.3, 0.4) is 0 Å². The maximum absolute atomic E-state index is 13.7.